The number of rotatable bonds is 4. The van der Waals surface area contributed by atoms with Crippen molar-refractivity contribution in [1.29, 1.82) is 0 Å². The van der Waals surface area contributed by atoms with Crippen molar-refractivity contribution in [3.8, 4) is 0 Å². The zero-order valence-electron chi connectivity index (χ0n) is 13.7. The van der Waals surface area contributed by atoms with E-state index in [0.29, 0.717) is 18.2 Å². The van der Waals surface area contributed by atoms with Crippen molar-refractivity contribution in [3.63, 3.8) is 0 Å². The summed E-state index contributed by atoms with van der Waals surface area (Å²) in [5.74, 6) is -1.47. The zero-order valence-corrected chi connectivity index (χ0v) is 13.7. The normalized spacial score (nSPS) is 25.8. The molecular weight excluding hydrogens is 315 g/mol. The maximum atomic E-state index is 13.8. The van der Waals surface area contributed by atoms with Gasteiger partial charge in [-0.1, -0.05) is 13.0 Å². The number of nitrogens with two attached hydrogens (primary N) is 1. The van der Waals surface area contributed by atoms with Crippen molar-refractivity contribution in [1.82, 2.24) is 9.80 Å². The van der Waals surface area contributed by atoms with Gasteiger partial charge in [-0.05, 0) is 25.1 Å². The van der Waals surface area contributed by atoms with Gasteiger partial charge in [0.15, 0.2) is 0 Å². The Morgan fingerprint density at radius 2 is 2.12 bits per heavy atom. The molecule has 2 N–H and O–H groups in total. The van der Waals surface area contributed by atoms with Crippen LogP contribution in [0.5, 0.6) is 0 Å². The van der Waals surface area contributed by atoms with E-state index in [0.717, 1.165) is 25.1 Å². The number of carbonyl (C=O) groups is 1. The average Bonchev–Trinajstić information content (AvgIpc) is 3.34. The Morgan fingerprint density at radius 3 is 2.75 bits per heavy atom. The summed E-state index contributed by atoms with van der Waals surface area (Å²) in [4.78, 5) is 26.7. The Morgan fingerprint density at radius 1 is 1.42 bits per heavy atom. The van der Waals surface area contributed by atoms with Crippen LogP contribution < -0.4 is 5.73 Å². The highest BCUT2D eigenvalue weighted by Crippen LogP contribution is 2.36. The van der Waals surface area contributed by atoms with E-state index in [1.807, 2.05) is 4.90 Å². The van der Waals surface area contributed by atoms with E-state index in [1.54, 1.807) is 6.92 Å². The predicted molar refractivity (Wildman–Crippen MR) is 86.0 cm³/mol. The minimum absolute atomic E-state index is 0.137. The molecule has 8 heteroatoms. The van der Waals surface area contributed by atoms with Crippen molar-refractivity contribution in [2.45, 2.75) is 37.4 Å². The maximum Gasteiger partial charge on any atom is 0.304 e. The first-order valence-electron chi connectivity index (χ1n) is 8.01. The number of nitro benzene ring substituents is 1. The molecule has 2 fully saturated rings. The molecule has 1 aliphatic carbocycles. The van der Waals surface area contributed by atoms with Gasteiger partial charge in [-0.25, -0.2) is 0 Å². The van der Waals surface area contributed by atoms with Gasteiger partial charge in [0.1, 0.15) is 0 Å². The molecule has 1 saturated heterocycles. The van der Waals surface area contributed by atoms with Gasteiger partial charge in [-0.2, -0.15) is 4.39 Å². The zero-order chi connectivity index (χ0) is 17.6. The molecule has 130 valence electrons. The molecule has 24 heavy (non-hydrogen) atoms. The molecule has 1 saturated carbocycles. The van der Waals surface area contributed by atoms with Gasteiger partial charge in [0.25, 0.3) is 0 Å². The second-order valence-electron chi connectivity index (χ2n) is 6.67. The molecular formula is C16H21FN4O3. The maximum absolute atomic E-state index is 13.8. The van der Waals surface area contributed by atoms with Gasteiger partial charge in [-0.3, -0.25) is 19.8 Å². The summed E-state index contributed by atoms with van der Waals surface area (Å²) in [7, 11) is 2.05. The fourth-order valence-corrected chi connectivity index (χ4v) is 3.42. The summed E-state index contributed by atoms with van der Waals surface area (Å²) in [6.07, 6.45) is 0.968. The number of hydrogen-bond acceptors (Lipinski definition) is 5. The Labute approximate surface area is 139 Å². The first-order chi connectivity index (χ1) is 11.3. The quantitative estimate of drug-likeness (QED) is 0.656. The van der Waals surface area contributed by atoms with Crippen LogP contribution in [0.4, 0.5) is 10.1 Å². The minimum Gasteiger partial charge on any atom is -0.335 e. The van der Waals surface area contributed by atoms with Gasteiger partial charge in [0.05, 0.1) is 11.0 Å². The molecule has 4 atom stereocenters. The van der Waals surface area contributed by atoms with Crippen LogP contribution in [0.15, 0.2) is 18.2 Å². The third-order valence-corrected chi connectivity index (χ3v) is 5.19. The number of fused-ring (bicyclic) bond motifs is 1. The lowest BCUT2D eigenvalue weighted by atomic mass is 9.92. The molecule has 1 aromatic carbocycles. The van der Waals surface area contributed by atoms with E-state index in [1.165, 1.54) is 6.07 Å². The highest BCUT2D eigenvalue weighted by Gasteiger charge is 2.50. The monoisotopic (exact) mass is 336 g/mol. The van der Waals surface area contributed by atoms with Crippen molar-refractivity contribution < 1.29 is 14.1 Å². The SMILES string of the molecule is C[C@@H](c1ccc([N+](=O)[O-])c(F)c1)[C@@H](N)C(=O)N1CCN(C)C2CC21. The van der Waals surface area contributed by atoms with Crippen LogP contribution >= 0.6 is 0 Å². The molecule has 7 nitrogen and oxygen atoms in total. The minimum atomic E-state index is -0.911. The number of amides is 1. The van der Waals surface area contributed by atoms with Crippen LogP contribution in [-0.4, -0.2) is 58.9 Å². The second kappa shape index (κ2) is 6.10. The average molecular weight is 336 g/mol. The summed E-state index contributed by atoms with van der Waals surface area (Å²) in [5.41, 5.74) is 6.03. The van der Waals surface area contributed by atoms with Crippen molar-refractivity contribution >= 4 is 11.6 Å². The number of carbonyl (C=O) groups excluding carboxylic acids is 1. The number of hydrogen-bond donors (Lipinski definition) is 1. The first-order valence-corrected chi connectivity index (χ1v) is 8.01. The summed E-state index contributed by atoms with van der Waals surface area (Å²) in [6.45, 7) is 3.20. The van der Waals surface area contributed by atoms with Gasteiger partial charge in [-0.15, -0.1) is 0 Å². The molecule has 0 bridgehead atoms. The van der Waals surface area contributed by atoms with Crippen LogP contribution in [0.3, 0.4) is 0 Å². The van der Waals surface area contributed by atoms with Crippen molar-refractivity contribution in [2.24, 2.45) is 5.73 Å². The fraction of sp³-hybridized carbons (Fsp3) is 0.562. The predicted octanol–water partition coefficient (Wildman–Crippen LogP) is 1.08. The van der Waals surface area contributed by atoms with Gasteiger partial charge in [0.2, 0.25) is 11.7 Å². The largest absolute Gasteiger partial charge is 0.335 e. The number of halogens is 1. The topological polar surface area (TPSA) is 92.7 Å². The molecule has 0 aromatic heterocycles. The number of piperazine rings is 1. The van der Waals surface area contributed by atoms with E-state index in [4.69, 9.17) is 5.73 Å². The molecule has 0 spiro atoms. The van der Waals surface area contributed by atoms with E-state index < -0.39 is 28.4 Å². The Bertz CT molecular complexity index is 683. The molecule has 1 amide bonds. The molecule has 2 unspecified atom stereocenters. The fourth-order valence-electron chi connectivity index (χ4n) is 3.42. The van der Waals surface area contributed by atoms with Gasteiger partial charge in [0, 0.05) is 37.2 Å². The third kappa shape index (κ3) is 2.87. The summed E-state index contributed by atoms with van der Waals surface area (Å²) in [5, 5.41) is 10.7. The smallest absolute Gasteiger partial charge is 0.304 e. The molecule has 0 radical (unpaired) electrons. The van der Waals surface area contributed by atoms with Crippen LogP contribution in [0.1, 0.15) is 24.8 Å². The summed E-state index contributed by atoms with van der Waals surface area (Å²) < 4.78 is 13.8. The van der Waals surface area contributed by atoms with E-state index in [2.05, 4.69) is 11.9 Å². The number of benzene rings is 1. The molecule has 2 aliphatic rings. The van der Waals surface area contributed by atoms with Gasteiger partial charge >= 0.3 is 5.69 Å². The van der Waals surface area contributed by atoms with E-state index in [9.17, 15) is 19.3 Å². The van der Waals surface area contributed by atoms with Gasteiger partial charge < -0.3 is 10.6 Å². The number of nitro groups is 1. The number of likely N-dealkylation sites (N-methyl/N-ethyl adjacent to an activating group) is 1. The third-order valence-electron chi connectivity index (χ3n) is 5.19. The van der Waals surface area contributed by atoms with Crippen LogP contribution in [0.2, 0.25) is 0 Å². The Kier molecular flexibility index (Phi) is 4.27. The highest BCUT2D eigenvalue weighted by atomic mass is 19.1. The standard InChI is InChI=1S/C16H21FN4O3/c1-9(10-3-4-12(21(23)24)11(17)7-10)15(18)16(22)20-6-5-19(2)13-8-14(13)20/h3-4,7,9,13-15H,5-6,8,18H2,1-2H3/t9-,13?,14?,15+/m0/s1. The van der Waals surface area contributed by atoms with Crippen molar-refractivity contribution in [2.75, 3.05) is 20.1 Å². The molecule has 1 heterocycles. The Hall–Kier alpha value is -2.06. The Balaban J connectivity index is 1.72. The second-order valence-corrected chi connectivity index (χ2v) is 6.67. The first kappa shape index (κ1) is 16.8. The summed E-state index contributed by atoms with van der Waals surface area (Å²) in [6, 6.07) is 3.52. The van der Waals surface area contributed by atoms with Crippen LogP contribution in [0, 0.1) is 15.9 Å². The molecule has 3 rings (SSSR count). The van der Waals surface area contributed by atoms with E-state index in [-0.39, 0.29) is 11.9 Å². The summed E-state index contributed by atoms with van der Waals surface area (Å²) >= 11 is 0. The molecule has 1 aliphatic heterocycles. The van der Waals surface area contributed by atoms with Crippen LogP contribution in [0.25, 0.3) is 0 Å². The lowest BCUT2D eigenvalue weighted by molar-refractivity contribution is -0.387. The molecule has 1 aromatic rings. The van der Waals surface area contributed by atoms with Crippen molar-refractivity contribution in [3.05, 3.63) is 39.7 Å². The lowest BCUT2D eigenvalue weighted by Crippen LogP contribution is -2.53. The highest BCUT2D eigenvalue weighted by molar-refractivity contribution is 5.83. The van der Waals surface area contributed by atoms with Crippen LogP contribution in [-0.2, 0) is 4.79 Å². The van der Waals surface area contributed by atoms with E-state index >= 15 is 0 Å². The lowest BCUT2D eigenvalue weighted by Gasteiger charge is -2.34. The number of nitrogens with zero attached hydrogens (tertiary/aromatic N) is 3.